The Labute approximate surface area is 140 Å². The fourth-order valence-electron chi connectivity index (χ4n) is 2.81. The van der Waals surface area contributed by atoms with E-state index in [0.29, 0.717) is 0 Å². The molecule has 0 radical (unpaired) electrons. The van der Waals surface area contributed by atoms with Gasteiger partial charge in [0.2, 0.25) is 5.91 Å². The van der Waals surface area contributed by atoms with Crippen LogP contribution >= 0.6 is 11.8 Å². The minimum absolute atomic E-state index is 0.00568. The van der Waals surface area contributed by atoms with E-state index in [1.807, 2.05) is 36.3 Å². The molecule has 1 aliphatic heterocycles. The highest BCUT2D eigenvalue weighted by Gasteiger charge is 2.30. The van der Waals surface area contributed by atoms with Gasteiger partial charge in [0.1, 0.15) is 5.75 Å². The minimum atomic E-state index is -0.00568. The first-order valence-electron chi connectivity index (χ1n) is 7.72. The lowest BCUT2D eigenvalue weighted by Gasteiger charge is -2.31. The summed E-state index contributed by atoms with van der Waals surface area (Å²) in [5.41, 5.74) is 2.02. The van der Waals surface area contributed by atoms with E-state index < -0.39 is 0 Å². The Morgan fingerprint density at radius 1 is 1.39 bits per heavy atom. The van der Waals surface area contributed by atoms with Crippen molar-refractivity contribution in [2.75, 3.05) is 18.6 Å². The second kappa shape index (κ2) is 7.08. The standard InChI is InChI=1S/C17H21N3O2S/c1-19-11-14(10-18-19)20-9-5-8-16(17(20)21)23-12-13-6-3-4-7-15(13)22-2/h3-4,6-7,10-11,16H,5,8-9,12H2,1-2H3/t16-/m1/s1. The maximum Gasteiger partial charge on any atom is 0.240 e. The third-order valence-electron chi connectivity index (χ3n) is 4.02. The molecule has 0 saturated carbocycles. The van der Waals surface area contributed by atoms with Crippen molar-refractivity contribution < 1.29 is 9.53 Å². The molecule has 1 aromatic carbocycles. The number of methoxy groups -OCH3 is 1. The number of amides is 1. The van der Waals surface area contributed by atoms with Crippen LogP contribution in [-0.2, 0) is 17.6 Å². The Hall–Kier alpha value is -1.95. The number of benzene rings is 1. The zero-order valence-electron chi connectivity index (χ0n) is 13.4. The lowest BCUT2D eigenvalue weighted by atomic mass is 10.1. The summed E-state index contributed by atoms with van der Waals surface area (Å²) in [4.78, 5) is 14.6. The van der Waals surface area contributed by atoms with Crippen LogP contribution in [0.2, 0.25) is 0 Å². The van der Waals surface area contributed by atoms with Crippen LogP contribution in [0.4, 0.5) is 5.69 Å². The van der Waals surface area contributed by atoms with Gasteiger partial charge in [-0.05, 0) is 18.9 Å². The second-order valence-electron chi connectivity index (χ2n) is 5.62. The van der Waals surface area contributed by atoms with Gasteiger partial charge in [-0.3, -0.25) is 9.48 Å². The van der Waals surface area contributed by atoms with E-state index in [1.165, 1.54) is 0 Å². The zero-order chi connectivity index (χ0) is 16.2. The number of aromatic nitrogens is 2. The molecule has 0 aliphatic carbocycles. The van der Waals surface area contributed by atoms with Gasteiger partial charge in [-0.25, -0.2) is 0 Å². The van der Waals surface area contributed by atoms with E-state index in [4.69, 9.17) is 4.74 Å². The van der Waals surface area contributed by atoms with Crippen LogP contribution in [0.3, 0.4) is 0 Å². The Balaban J connectivity index is 1.67. The molecule has 0 bridgehead atoms. The topological polar surface area (TPSA) is 47.4 Å². The van der Waals surface area contributed by atoms with Gasteiger partial charge in [0.25, 0.3) is 0 Å². The largest absolute Gasteiger partial charge is 0.496 e. The first kappa shape index (κ1) is 15.9. The molecule has 122 valence electrons. The average Bonchev–Trinajstić information content (AvgIpc) is 3.00. The molecule has 1 aromatic heterocycles. The first-order valence-corrected chi connectivity index (χ1v) is 8.77. The van der Waals surface area contributed by atoms with E-state index in [2.05, 4.69) is 11.2 Å². The molecule has 1 fully saturated rings. The van der Waals surface area contributed by atoms with E-state index in [-0.39, 0.29) is 11.2 Å². The highest BCUT2D eigenvalue weighted by atomic mass is 32.2. The van der Waals surface area contributed by atoms with Gasteiger partial charge in [0.05, 0.1) is 24.2 Å². The number of hydrogen-bond donors (Lipinski definition) is 0. The van der Waals surface area contributed by atoms with Crippen molar-refractivity contribution in [1.29, 1.82) is 0 Å². The van der Waals surface area contributed by atoms with Crippen molar-refractivity contribution >= 4 is 23.4 Å². The van der Waals surface area contributed by atoms with Gasteiger partial charge in [0, 0.05) is 31.1 Å². The maximum atomic E-state index is 12.7. The number of para-hydroxylation sites is 1. The molecule has 1 aliphatic rings. The number of carbonyl (C=O) groups excluding carboxylic acids is 1. The van der Waals surface area contributed by atoms with Crippen molar-refractivity contribution in [3.05, 3.63) is 42.2 Å². The summed E-state index contributed by atoms with van der Waals surface area (Å²) in [5, 5.41) is 4.16. The van der Waals surface area contributed by atoms with Crippen LogP contribution in [0.25, 0.3) is 0 Å². The third-order valence-corrected chi connectivity index (χ3v) is 5.34. The molecule has 2 heterocycles. The van der Waals surface area contributed by atoms with E-state index in [9.17, 15) is 4.79 Å². The van der Waals surface area contributed by atoms with Gasteiger partial charge < -0.3 is 9.64 Å². The zero-order valence-corrected chi connectivity index (χ0v) is 14.3. The molecular weight excluding hydrogens is 310 g/mol. The van der Waals surface area contributed by atoms with Crippen LogP contribution in [0.1, 0.15) is 18.4 Å². The summed E-state index contributed by atoms with van der Waals surface area (Å²) in [5.74, 6) is 1.85. The second-order valence-corrected chi connectivity index (χ2v) is 6.81. The maximum absolute atomic E-state index is 12.7. The average molecular weight is 331 g/mol. The van der Waals surface area contributed by atoms with E-state index in [0.717, 1.165) is 42.1 Å². The highest BCUT2D eigenvalue weighted by molar-refractivity contribution is 7.99. The fraction of sp³-hybridized carbons (Fsp3) is 0.412. The predicted octanol–water partition coefficient (Wildman–Crippen LogP) is 2.86. The van der Waals surface area contributed by atoms with Gasteiger partial charge in [-0.15, -0.1) is 11.8 Å². The molecule has 5 nitrogen and oxygen atoms in total. The van der Waals surface area contributed by atoms with Gasteiger partial charge in [-0.1, -0.05) is 18.2 Å². The van der Waals surface area contributed by atoms with Crippen LogP contribution in [0.15, 0.2) is 36.7 Å². The summed E-state index contributed by atoms with van der Waals surface area (Å²) in [7, 11) is 3.55. The van der Waals surface area contributed by atoms with Gasteiger partial charge in [-0.2, -0.15) is 5.10 Å². The number of aryl methyl sites for hydroxylation is 1. The number of nitrogens with zero attached hydrogens (tertiary/aromatic N) is 3. The number of carbonyl (C=O) groups is 1. The molecular formula is C17H21N3O2S. The Kier molecular flexibility index (Phi) is 4.91. The highest BCUT2D eigenvalue weighted by Crippen LogP contribution is 2.31. The normalized spacial score (nSPS) is 18.3. The molecule has 0 N–H and O–H groups in total. The minimum Gasteiger partial charge on any atom is -0.496 e. The van der Waals surface area contributed by atoms with E-state index in [1.54, 1.807) is 29.8 Å². The summed E-state index contributed by atoms with van der Waals surface area (Å²) in [6.07, 6.45) is 5.59. The molecule has 0 spiro atoms. The summed E-state index contributed by atoms with van der Waals surface area (Å²) in [6, 6.07) is 7.98. The Morgan fingerprint density at radius 3 is 2.96 bits per heavy atom. The van der Waals surface area contributed by atoms with Gasteiger partial charge in [0.15, 0.2) is 0 Å². The van der Waals surface area contributed by atoms with Crippen LogP contribution in [0.5, 0.6) is 5.75 Å². The summed E-state index contributed by atoms with van der Waals surface area (Å²) in [6.45, 7) is 0.774. The molecule has 1 amide bonds. The molecule has 3 rings (SSSR count). The third kappa shape index (κ3) is 3.52. The lowest BCUT2D eigenvalue weighted by molar-refractivity contribution is -0.119. The molecule has 0 unspecified atom stereocenters. The SMILES string of the molecule is COc1ccccc1CS[C@@H]1CCCN(c2cnn(C)c2)C1=O. The smallest absolute Gasteiger partial charge is 0.240 e. The molecule has 23 heavy (non-hydrogen) atoms. The van der Waals surface area contributed by atoms with Crippen LogP contribution in [0, 0.1) is 0 Å². The monoisotopic (exact) mass is 331 g/mol. The summed E-state index contributed by atoms with van der Waals surface area (Å²) < 4.78 is 7.12. The number of piperidine rings is 1. The molecule has 6 heteroatoms. The summed E-state index contributed by atoms with van der Waals surface area (Å²) >= 11 is 1.69. The number of thioether (sulfide) groups is 1. The van der Waals surface area contributed by atoms with Crippen molar-refractivity contribution in [1.82, 2.24) is 9.78 Å². The number of rotatable bonds is 5. The molecule has 1 saturated heterocycles. The van der Waals surface area contributed by atoms with Gasteiger partial charge >= 0.3 is 0 Å². The fourth-order valence-corrected chi connectivity index (χ4v) is 4.04. The Morgan fingerprint density at radius 2 is 2.22 bits per heavy atom. The molecule has 1 atom stereocenters. The quantitative estimate of drug-likeness (QED) is 0.845. The van der Waals surface area contributed by atoms with Crippen molar-refractivity contribution in [3.63, 3.8) is 0 Å². The van der Waals surface area contributed by atoms with Crippen molar-refractivity contribution in [2.45, 2.75) is 23.8 Å². The predicted molar refractivity (Wildman–Crippen MR) is 92.9 cm³/mol. The van der Waals surface area contributed by atoms with Crippen LogP contribution in [-0.4, -0.2) is 34.6 Å². The number of hydrogen-bond acceptors (Lipinski definition) is 4. The van der Waals surface area contributed by atoms with Crippen molar-refractivity contribution in [3.8, 4) is 5.75 Å². The number of ether oxygens (including phenoxy) is 1. The first-order chi connectivity index (χ1) is 11.2. The van der Waals surface area contributed by atoms with Crippen LogP contribution < -0.4 is 9.64 Å². The lowest BCUT2D eigenvalue weighted by Crippen LogP contribution is -2.42. The van der Waals surface area contributed by atoms with E-state index >= 15 is 0 Å². The molecule has 2 aromatic rings. The number of anilines is 1. The Bertz CT molecular complexity index is 686. The van der Waals surface area contributed by atoms with Crippen molar-refractivity contribution in [2.24, 2.45) is 7.05 Å².